The molecule has 1 aromatic heterocycles. The molecule has 1 saturated carbocycles. The van der Waals surface area contributed by atoms with E-state index in [-0.39, 0.29) is 0 Å². The minimum absolute atomic E-state index is 0.350. The summed E-state index contributed by atoms with van der Waals surface area (Å²) in [6.07, 6.45) is 7.80. The highest BCUT2D eigenvalue weighted by molar-refractivity contribution is 5.10. The minimum Gasteiger partial charge on any atom is -0.464 e. The van der Waals surface area contributed by atoms with E-state index >= 15 is 0 Å². The highest BCUT2D eigenvalue weighted by Gasteiger charge is 2.17. The van der Waals surface area contributed by atoms with Crippen molar-refractivity contribution in [3.05, 3.63) is 23.7 Å². The van der Waals surface area contributed by atoms with Gasteiger partial charge in [0.25, 0.3) is 0 Å². The van der Waals surface area contributed by atoms with Crippen LogP contribution < -0.4 is 5.32 Å². The van der Waals surface area contributed by atoms with Crippen LogP contribution in [0.2, 0.25) is 0 Å². The number of hydrogen-bond acceptors (Lipinski definition) is 2. The molecule has 1 heterocycles. The molecular formula is C14H23NO. The summed E-state index contributed by atoms with van der Waals surface area (Å²) in [5.74, 6) is 2.18. The monoisotopic (exact) mass is 221 g/mol. The molecule has 16 heavy (non-hydrogen) atoms. The van der Waals surface area contributed by atoms with Crippen molar-refractivity contribution in [1.82, 2.24) is 5.32 Å². The maximum Gasteiger partial charge on any atom is 0.120 e. The quantitative estimate of drug-likeness (QED) is 0.836. The fraction of sp³-hybridized carbons (Fsp3) is 0.714. The Morgan fingerprint density at radius 1 is 1.31 bits per heavy atom. The molecule has 1 atom stereocenters. The van der Waals surface area contributed by atoms with Crippen molar-refractivity contribution in [1.29, 1.82) is 0 Å². The molecule has 1 unspecified atom stereocenters. The molecule has 0 aliphatic heterocycles. The zero-order chi connectivity index (χ0) is 11.4. The Labute approximate surface area is 98.4 Å². The van der Waals surface area contributed by atoms with Crippen molar-refractivity contribution in [2.24, 2.45) is 0 Å². The van der Waals surface area contributed by atoms with Gasteiger partial charge in [-0.1, -0.05) is 26.2 Å². The largest absolute Gasteiger partial charge is 0.464 e. The molecule has 0 radical (unpaired) electrons. The number of rotatable bonds is 4. The lowest BCUT2D eigenvalue weighted by Gasteiger charge is -2.25. The summed E-state index contributed by atoms with van der Waals surface area (Å²) < 4.78 is 5.77. The van der Waals surface area contributed by atoms with Gasteiger partial charge in [-0.05, 0) is 31.9 Å². The van der Waals surface area contributed by atoms with Crippen LogP contribution in [0.5, 0.6) is 0 Å². The second kappa shape index (κ2) is 5.53. The lowest BCUT2D eigenvalue weighted by Crippen LogP contribution is -2.32. The lowest BCUT2D eigenvalue weighted by atomic mass is 9.95. The van der Waals surface area contributed by atoms with E-state index < -0.39 is 0 Å². The normalized spacial score (nSPS) is 19.9. The van der Waals surface area contributed by atoms with E-state index in [0.29, 0.717) is 12.1 Å². The van der Waals surface area contributed by atoms with Gasteiger partial charge in [-0.3, -0.25) is 0 Å². The first-order valence-corrected chi connectivity index (χ1v) is 6.64. The van der Waals surface area contributed by atoms with Crippen LogP contribution in [0, 0.1) is 0 Å². The summed E-state index contributed by atoms with van der Waals surface area (Å²) in [5, 5.41) is 3.68. The maximum absolute atomic E-state index is 5.77. The summed E-state index contributed by atoms with van der Waals surface area (Å²) in [7, 11) is 0. The fourth-order valence-electron chi connectivity index (χ4n) is 2.52. The molecule has 1 N–H and O–H groups in total. The smallest absolute Gasteiger partial charge is 0.120 e. The first-order chi connectivity index (χ1) is 7.79. The third kappa shape index (κ3) is 2.88. The molecule has 1 aliphatic rings. The molecular weight excluding hydrogens is 198 g/mol. The average Bonchev–Trinajstić information content (AvgIpc) is 2.79. The van der Waals surface area contributed by atoms with Gasteiger partial charge in [-0.15, -0.1) is 0 Å². The van der Waals surface area contributed by atoms with E-state index in [4.69, 9.17) is 4.42 Å². The van der Waals surface area contributed by atoms with Crippen LogP contribution in [0.1, 0.15) is 63.5 Å². The average molecular weight is 221 g/mol. The van der Waals surface area contributed by atoms with Gasteiger partial charge in [0.1, 0.15) is 11.5 Å². The van der Waals surface area contributed by atoms with E-state index in [1.807, 2.05) is 0 Å². The fourth-order valence-corrected chi connectivity index (χ4v) is 2.52. The molecule has 90 valence electrons. The lowest BCUT2D eigenvalue weighted by molar-refractivity contribution is 0.319. The summed E-state index contributed by atoms with van der Waals surface area (Å²) in [5.41, 5.74) is 0. The number of hydrogen-bond donors (Lipinski definition) is 1. The third-order valence-corrected chi connectivity index (χ3v) is 3.55. The van der Waals surface area contributed by atoms with E-state index in [0.717, 1.165) is 17.9 Å². The maximum atomic E-state index is 5.77. The van der Waals surface area contributed by atoms with Crippen molar-refractivity contribution >= 4 is 0 Å². The van der Waals surface area contributed by atoms with Crippen LogP contribution in [0.3, 0.4) is 0 Å². The summed E-state index contributed by atoms with van der Waals surface area (Å²) in [4.78, 5) is 0. The molecule has 0 spiro atoms. The Morgan fingerprint density at radius 2 is 2.06 bits per heavy atom. The van der Waals surface area contributed by atoms with Crippen LogP contribution in [-0.2, 0) is 6.42 Å². The van der Waals surface area contributed by atoms with E-state index in [2.05, 4.69) is 31.3 Å². The van der Waals surface area contributed by atoms with Gasteiger partial charge >= 0.3 is 0 Å². The zero-order valence-electron chi connectivity index (χ0n) is 10.5. The Bertz CT molecular complexity index is 312. The number of furan rings is 1. The Morgan fingerprint density at radius 3 is 2.69 bits per heavy atom. The Hall–Kier alpha value is -0.760. The Kier molecular flexibility index (Phi) is 4.05. The second-order valence-electron chi connectivity index (χ2n) is 4.88. The molecule has 2 rings (SSSR count). The topological polar surface area (TPSA) is 25.2 Å². The predicted octanol–water partition coefficient (Wildman–Crippen LogP) is 3.83. The molecule has 0 amide bonds. The van der Waals surface area contributed by atoms with Gasteiger partial charge in [0.15, 0.2) is 0 Å². The zero-order valence-corrected chi connectivity index (χ0v) is 10.5. The van der Waals surface area contributed by atoms with Gasteiger partial charge in [-0.2, -0.15) is 0 Å². The van der Waals surface area contributed by atoms with Crippen LogP contribution in [-0.4, -0.2) is 6.04 Å². The third-order valence-electron chi connectivity index (χ3n) is 3.55. The van der Waals surface area contributed by atoms with Crippen molar-refractivity contribution in [3.8, 4) is 0 Å². The van der Waals surface area contributed by atoms with Gasteiger partial charge in [-0.25, -0.2) is 0 Å². The number of aryl methyl sites for hydroxylation is 1. The SMILES string of the molecule is CCc1ccc(C(C)NC2CCCCC2)o1. The van der Waals surface area contributed by atoms with Gasteiger partial charge in [0, 0.05) is 12.5 Å². The standard InChI is InChI=1S/C14H23NO/c1-3-13-9-10-14(16-13)11(2)15-12-7-5-4-6-8-12/h9-12,15H,3-8H2,1-2H3. The first kappa shape index (κ1) is 11.7. The highest BCUT2D eigenvalue weighted by Crippen LogP contribution is 2.22. The molecule has 0 saturated heterocycles. The van der Waals surface area contributed by atoms with Gasteiger partial charge in [0.2, 0.25) is 0 Å². The van der Waals surface area contributed by atoms with Crippen molar-refractivity contribution < 1.29 is 4.42 Å². The van der Waals surface area contributed by atoms with E-state index in [1.54, 1.807) is 0 Å². The van der Waals surface area contributed by atoms with Crippen molar-refractivity contribution in [2.45, 2.75) is 64.5 Å². The summed E-state index contributed by atoms with van der Waals surface area (Å²) in [6.45, 7) is 4.33. The van der Waals surface area contributed by atoms with Crippen LogP contribution in [0.4, 0.5) is 0 Å². The summed E-state index contributed by atoms with van der Waals surface area (Å²) >= 11 is 0. The first-order valence-electron chi connectivity index (χ1n) is 6.64. The van der Waals surface area contributed by atoms with Gasteiger partial charge in [0.05, 0.1) is 6.04 Å². The Balaban J connectivity index is 1.88. The van der Waals surface area contributed by atoms with Crippen LogP contribution in [0.15, 0.2) is 16.5 Å². The predicted molar refractivity (Wildman–Crippen MR) is 66.5 cm³/mol. The molecule has 1 aliphatic carbocycles. The molecule has 1 aromatic rings. The van der Waals surface area contributed by atoms with E-state index in [1.165, 1.54) is 32.1 Å². The van der Waals surface area contributed by atoms with Crippen molar-refractivity contribution in [2.75, 3.05) is 0 Å². The van der Waals surface area contributed by atoms with Gasteiger partial charge < -0.3 is 9.73 Å². The van der Waals surface area contributed by atoms with Crippen LogP contribution >= 0.6 is 0 Å². The van der Waals surface area contributed by atoms with Crippen LogP contribution in [0.25, 0.3) is 0 Å². The molecule has 0 aromatic carbocycles. The van der Waals surface area contributed by atoms with Crippen molar-refractivity contribution in [3.63, 3.8) is 0 Å². The highest BCUT2D eigenvalue weighted by atomic mass is 16.3. The molecule has 0 bridgehead atoms. The number of nitrogens with one attached hydrogen (secondary N) is 1. The molecule has 1 fully saturated rings. The summed E-state index contributed by atoms with van der Waals surface area (Å²) in [6, 6.07) is 5.25. The van der Waals surface area contributed by atoms with E-state index in [9.17, 15) is 0 Å². The minimum atomic E-state index is 0.350. The second-order valence-corrected chi connectivity index (χ2v) is 4.88. The molecule has 2 nitrogen and oxygen atoms in total. The molecule has 2 heteroatoms.